The molecule has 3 rings (SSSR count). The molecule has 0 aliphatic rings. The van der Waals surface area contributed by atoms with Crippen molar-refractivity contribution in [2.45, 2.75) is 0 Å². The molecule has 0 radical (unpaired) electrons. The number of nitrogens with zero attached hydrogens (tertiary/aromatic N) is 2. The molecule has 4 nitrogen and oxygen atoms in total. The van der Waals surface area contributed by atoms with Gasteiger partial charge in [0.05, 0.1) is 7.11 Å². The molecule has 0 spiro atoms. The topological polar surface area (TPSA) is 42.4 Å². The van der Waals surface area contributed by atoms with E-state index in [0.717, 1.165) is 18.2 Å². The van der Waals surface area contributed by atoms with E-state index in [1.54, 1.807) is 13.1 Å². The highest BCUT2D eigenvalue weighted by Gasteiger charge is 2.18. The highest BCUT2D eigenvalue weighted by Crippen LogP contribution is 2.35. The van der Waals surface area contributed by atoms with Gasteiger partial charge in [-0.05, 0) is 23.8 Å². The molecule has 1 aromatic heterocycles. The summed E-state index contributed by atoms with van der Waals surface area (Å²) in [5.41, 5.74) is 0.430. The van der Waals surface area contributed by atoms with Crippen LogP contribution in [0.2, 0.25) is 0 Å². The Hall–Kier alpha value is -3.09. The van der Waals surface area contributed by atoms with Gasteiger partial charge < -0.3 is 9.64 Å². The lowest BCUT2D eigenvalue weighted by Crippen LogP contribution is -2.27. The summed E-state index contributed by atoms with van der Waals surface area (Å²) in [4.78, 5) is 17.3. The maximum Gasteiger partial charge on any atom is 0.325 e. The average molecular weight is 360 g/mol. The third kappa shape index (κ3) is 3.33. The van der Waals surface area contributed by atoms with E-state index in [1.165, 1.54) is 30.3 Å². The minimum atomic E-state index is -0.767. The number of ether oxygens (including phenoxy) is 1. The lowest BCUT2D eigenvalue weighted by atomic mass is 9.99. The van der Waals surface area contributed by atoms with Crippen molar-refractivity contribution in [3.8, 4) is 11.1 Å². The number of hydrogen-bond acceptors (Lipinski definition) is 4. The molecule has 0 bridgehead atoms. The summed E-state index contributed by atoms with van der Waals surface area (Å²) in [7, 11) is 2.88. The number of pyridine rings is 1. The van der Waals surface area contributed by atoms with Crippen LogP contribution in [0.3, 0.4) is 0 Å². The lowest BCUT2D eigenvalue weighted by Gasteiger charge is -2.20. The number of anilines is 1. The third-order valence-corrected chi connectivity index (χ3v) is 3.97. The summed E-state index contributed by atoms with van der Waals surface area (Å²) >= 11 is 0. The van der Waals surface area contributed by atoms with Gasteiger partial charge in [-0.3, -0.25) is 4.79 Å². The van der Waals surface area contributed by atoms with Crippen molar-refractivity contribution in [1.29, 1.82) is 0 Å². The Labute approximate surface area is 147 Å². The van der Waals surface area contributed by atoms with E-state index in [4.69, 9.17) is 0 Å². The third-order valence-electron chi connectivity index (χ3n) is 3.97. The van der Waals surface area contributed by atoms with E-state index < -0.39 is 23.4 Å². The van der Waals surface area contributed by atoms with Crippen molar-refractivity contribution in [1.82, 2.24) is 4.98 Å². The van der Waals surface area contributed by atoms with Crippen molar-refractivity contribution in [3.05, 3.63) is 60.0 Å². The number of esters is 1. The molecular weight excluding hydrogens is 345 g/mol. The van der Waals surface area contributed by atoms with Gasteiger partial charge in [0.15, 0.2) is 0 Å². The van der Waals surface area contributed by atoms with Crippen LogP contribution in [-0.2, 0) is 9.53 Å². The van der Waals surface area contributed by atoms with E-state index in [2.05, 4.69) is 9.72 Å². The maximum atomic E-state index is 14.6. The lowest BCUT2D eigenvalue weighted by molar-refractivity contribution is -0.138. The van der Waals surface area contributed by atoms with Gasteiger partial charge in [-0.15, -0.1) is 0 Å². The van der Waals surface area contributed by atoms with Crippen LogP contribution in [0.25, 0.3) is 21.9 Å². The predicted molar refractivity (Wildman–Crippen MR) is 92.3 cm³/mol. The molecule has 134 valence electrons. The van der Waals surface area contributed by atoms with E-state index in [0.29, 0.717) is 11.2 Å². The van der Waals surface area contributed by atoms with Gasteiger partial charge in [0.25, 0.3) is 0 Å². The molecule has 0 saturated heterocycles. The standard InChI is InChI=1S/C19H15F3N2O2/c1-24(10-17(25)26-2)19-14-4-3-5-16(22)18(14)15(9-23-19)11-6-12(20)8-13(21)7-11/h3-9H,10H2,1-2H3. The Morgan fingerprint density at radius 1 is 1.15 bits per heavy atom. The van der Waals surface area contributed by atoms with Crippen molar-refractivity contribution >= 4 is 22.6 Å². The number of carbonyl (C=O) groups excluding carboxylic acids is 1. The van der Waals surface area contributed by atoms with Gasteiger partial charge >= 0.3 is 5.97 Å². The van der Waals surface area contributed by atoms with Gasteiger partial charge in [-0.25, -0.2) is 18.2 Å². The first-order valence-electron chi connectivity index (χ1n) is 7.72. The smallest absolute Gasteiger partial charge is 0.325 e. The Morgan fingerprint density at radius 2 is 1.85 bits per heavy atom. The number of fused-ring (bicyclic) bond motifs is 1. The van der Waals surface area contributed by atoms with Crippen LogP contribution in [0.15, 0.2) is 42.6 Å². The van der Waals surface area contributed by atoms with Crippen LogP contribution < -0.4 is 4.90 Å². The molecular formula is C19H15F3N2O2. The maximum absolute atomic E-state index is 14.6. The number of likely N-dealkylation sites (N-methyl/N-ethyl adjacent to an activating group) is 1. The largest absolute Gasteiger partial charge is 0.468 e. The molecule has 3 aromatic rings. The average Bonchev–Trinajstić information content (AvgIpc) is 2.60. The number of carbonyl (C=O) groups is 1. The Bertz CT molecular complexity index is 972. The van der Waals surface area contributed by atoms with E-state index in [9.17, 15) is 18.0 Å². The molecule has 0 aliphatic heterocycles. The number of hydrogen-bond donors (Lipinski definition) is 0. The molecule has 2 aromatic carbocycles. The highest BCUT2D eigenvalue weighted by atomic mass is 19.1. The zero-order chi connectivity index (χ0) is 18.8. The molecule has 26 heavy (non-hydrogen) atoms. The van der Waals surface area contributed by atoms with Gasteiger partial charge in [-0.2, -0.15) is 0 Å². The van der Waals surface area contributed by atoms with E-state index in [1.807, 2.05) is 0 Å². The second-order valence-electron chi connectivity index (χ2n) is 5.75. The molecule has 0 saturated carbocycles. The summed E-state index contributed by atoms with van der Waals surface area (Å²) in [5, 5.41) is 0.581. The molecule has 0 atom stereocenters. The molecule has 0 fully saturated rings. The normalized spacial score (nSPS) is 10.8. The fourth-order valence-corrected chi connectivity index (χ4v) is 2.81. The van der Waals surface area contributed by atoms with Gasteiger partial charge in [0.2, 0.25) is 0 Å². The minimum absolute atomic E-state index is 0.0803. The van der Waals surface area contributed by atoms with Crippen LogP contribution in [0.1, 0.15) is 0 Å². The monoisotopic (exact) mass is 360 g/mol. The van der Waals surface area contributed by atoms with Crippen LogP contribution >= 0.6 is 0 Å². The van der Waals surface area contributed by atoms with E-state index in [-0.39, 0.29) is 23.1 Å². The minimum Gasteiger partial charge on any atom is -0.468 e. The summed E-state index contributed by atoms with van der Waals surface area (Å²) in [5.74, 6) is -2.22. The van der Waals surface area contributed by atoms with Crippen LogP contribution in [0.5, 0.6) is 0 Å². The first-order chi connectivity index (χ1) is 12.4. The van der Waals surface area contributed by atoms with Crippen molar-refractivity contribution in [3.63, 3.8) is 0 Å². The molecule has 0 N–H and O–H groups in total. The fraction of sp³-hybridized carbons (Fsp3) is 0.158. The Morgan fingerprint density at radius 3 is 2.50 bits per heavy atom. The van der Waals surface area contributed by atoms with Crippen molar-refractivity contribution < 1.29 is 22.7 Å². The highest BCUT2D eigenvalue weighted by molar-refractivity contribution is 6.02. The zero-order valence-electron chi connectivity index (χ0n) is 14.1. The van der Waals surface area contributed by atoms with Crippen LogP contribution in [0.4, 0.5) is 19.0 Å². The predicted octanol–water partition coefficient (Wildman–Crippen LogP) is 3.93. The summed E-state index contributed by atoms with van der Waals surface area (Å²) in [6.45, 7) is -0.0803. The Kier molecular flexibility index (Phi) is 4.79. The van der Waals surface area contributed by atoms with Crippen LogP contribution in [-0.4, -0.2) is 31.7 Å². The van der Waals surface area contributed by atoms with Gasteiger partial charge in [0, 0.05) is 35.6 Å². The summed E-state index contributed by atoms with van der Waals surface area (Å²) in [6.07, 6.45) is 1.34. The van der Waals surface area contributed by atoms with Crippen molar-refractivity contribution in [2.24, 2.45) is 0 Å². The summed E-state index contributed by atoms with van der Waals surface area (Å²) < 4.78 is 46.4. The van der Waals surface area contributed by atoms with Gasteiger partial charge in [0.1, 0.15) is 29.8 Å². The number of rotatable bonds is 4. The first kappa shape index (κ1) is 17.7. The first-order valence-corrected chi connectivity index (χ1v) is 7.72. The van der Waals surface area contributed by atoms with Gasteiger partial charge in [-0.1, -0.05) is 12.1 Å². The zero-order valence-corrected chi connectivity index (χ0v) is 14.1. The quantitative estimate of drug-likeness (QED) is 0.661. The number of aromatic nitrogens is 1. The fourth-order valence-electron chi connectivity index (χ4n) is 2.81. The number of halogens is 3. The molecule has 0 amide bonds. The second kappa shape index (κ2) is 7.03. The summed E-state index contributed by atoms with van der Waals surface area (Å²) in [6, 6.07) is 7.37. The molecule has 7 heteroatoms. The molecule has 0 aliphatic carbocycles. The SMILES string of the molecule is COC(=O)CN(C)c1ncc(-c2cc(F)cc(F)c2)c2c(F)cccc12. The molecule has 1 heterocycles. The number of benzene rings is 2. The Balaban J connectivity index is 2.22. The number of methoxy groups -OCH3 is 1. The second-order valence-corrected chi connectivity index (χ2v) is 5.75. The van der Waals surface area contributed by atoms with Crippen LogP contribution in [0, 0.1) is 17.5 Å². The molecule has 0 unspecified atom stereocenters. The van der Waals surface area contributed by atoms with E-state index >= 15 is 0 Å². The van der Waals surface area contributed by atoms with Crippen molar-refractivity contribution in [2.75, 3.05) is 25.6 Å².